The van der Waals surface area contributed by atoms with Gasteiger partial charge in [0.25, 0.3) is 0 Å². The minimum absolute atomic E-state index is 0.131. The largest absolute Gasteiger partial charge is 0.493 e. The molecule has 0 saturated heterocycles. The van der Waals surface area contributed by atoms with Crippen LogP contribution in [0.2, 0.25) is 0 Å². The van der Waals surface area contributed by atoms with Crippen molar-refractivity contribution in [3.63, 3.8) is 0 Å². The van der Waals surface area contributed by atoms with Crippen molar-refractivity contribution in [1.82, 2.24) is 4.98 Å². The molecular formula is C17H17NO3. The van der Waals surface area contributed by atoms with E-state index in [0.29, 0.717) is 25.3 Å². The van der Waals surface area contributed by atoms with Crippen molar-refractivity contribution in [2.24, 2.45) is 0 Å². The number of fused-ring (bicyclic) bond motifs is 1. The molecule has 0 aliphatic heterocycles. The number of ether oxygens (including phenoxy) is 1. The van der Waals surface area contributed by atoms with Crippen LogP contribution in [0.15, 0.2) is 52.9 Å². The number of hydrogen-bond acceptors (Lipinski definition) is 4. The Morgan fingerprint density at radius 1 is 1.10 bits per heavy atom. The van der Waals surface area contributed by atoms with Crippen LogP contribution in [-0.4, -0.2) is 23.3 Å². The maximum atomic E-state index is 8.75. The van der Waals surface area contributed by atoms with Crippen LogP contribution in [0.25, 0.3) is 11.1 Å². The Morgan fingerprint density at radius 3 is 2.76 bits per heavy atom. The van der Waals surface area contributed by atoms with Gasteiger partial charge in [-0.3, -0.25) is 0 Å². The van der Waals surface area contributed by atoms with E-state index in [4.69, 9.17) is 14.3 Å². The fraction of sp³-hybridized carbons (Fsp3) is 0.235. The molecule has 0 radical (unpaired) electrons. The van der Waals surface area contributed by atoms with Gasteiger partial charge in [-0.1, -0.05) is 30.3 Å². The minimum Gasteiger partial charge on any atom is -0.493 e. The third kappa shape index (κ3) is 3.41. The molecule has 0 bridgehead atoms. The number of hydrogen-bond donors (Lipinski definition) is 1. The molecule has 0 saturated carbocycles. The minimum atomic E-state index is 0.131. The number of aliphatic hydroxyl groups excluding tert-OH is 1. The predicted molar refractivity (Wildman–Crippen MR) is 80.5 cm³/mol. The number of aliphatic hydroxyl groups is 1. The summed E-state index contributed by atoms with van der Waals surface area (Å²) in [5, 5.41) is 8.75. The van der Waals surface area contributed by atoms with Crippen LogP contribution >= 0.6 is 0 Å². The Hall–Kier alpha value is -2.33. The van der Waals surface area contributed by atoms with Gasteiger partial charge in [-0.2, -0.15) is 0 Å². The Kier molecular flexibility index (Phi) is 4.17. The highest BCUT2D eigenvalue weighted by molar-refractivity contribution is 5.74. The van der Waals surface area contributed by atoms with Gasteiger partial charge in [-0.25, -0.2) is 4.98 Å². The Morgan fingerprint density at radius 2 is 1.95 bits per heavy atom. The lowest BCUT2D eigenvalue weighted by molar-refractivity contribution is 0.233. The van der Waals surface area contributed by atoms with E-state index in [1.165, 1.54) is 5.56 Å². The van der Waals surface area contributed by atoms with E-state index in [1.807, 2.05) is 36.4 Å². The van der Waals surface area contributed by atoms with E-state index >= 15 is 0 Å². The van der Waals surface area contributed by atoms with Crippen LogP contribution in [0.4, 0.5) is 0 Å². The fourth-order valence-electron chi connectivity index (χ4n) is 2.14. The average molecular weight is 283 g/mol. The van der Waals surface area contributed by atoms with Crippen LogP contribution in [0.5, 0.6) is 5.75 Å². The summed E-state index contributed by atoms with van der Waals surface area (Å²) < 4.78 is 11.3. The zero-order valence-corrected chi connectivity index (χ0v) is 11.7. The lowest BCUT2D eigenvalue weighted by atomic mass is 10.1. The summed E-state index contributed by atoms with van der Waals surface area (Å²) in [6.07, 6.45) is 1.30. The molecule has 2 aromatic carbocycles. The fourth-order valence-corrected chi connectivity index (χ4v) is 2.14. The molecule has 1 N–H and O–H groups in total. The van der Waals surface area contributed by atoms with Gasteiger partial charge in [-0.15, -0.1) is 0 Å². The number of oxazole rings is 1. The highest BCUT2D eigenvalue weighted by Crippen LogP contribution is 2.23. The quantitative estimate of drug-likeness (QED) is 0.706. The van der Waals surface area contributed by atoms with Crippen molar-refractivity contribution in [2.75, 3.05) is 13.2 Å². The molecule has 0 unspecified atom stereocenters. The first-order chi connectivity index (χ1) is 10.3. The first-order valence-corrected chi connectivity index (χ1v) is 7.02. The highest BCUT2D eigenvalue weighted by Gasteiger charge is 2.07. The van der Waals surface area contributed by atoms with Gasteiger partial charge in [-0.05, 0) is 17.7 Å². The van der Waals surface area contributed by atoms with Gasteiger partial charge in [0.2, 0.25) is 0 Å². The lowest BCUT2D eigenvalue weighted by Gasteiger charge is -2.03. The molecule has 1 aromatic heterocycles. The third-order valence-electron chi connectivity index (χ3n) is 3.17. The van der Waals surface area contributed by atoms with E-state index in [9.17, 15) is 0 Å². The summed E-state index contributed by atoms with van der Waals surface area (Å²) in [4.78, 5) is 4.48. The molecule has 1 heterocycles. The van der Waals surface area contributed by atoms with Crippen molar-refractivity contribution in [3.05, 3.63) is 60.0 Å². The molecule has 0 aliphatic rings. The zero-order chi connectivity index (χ0) is 14.5. The molecule has 4 nitrogen and oxygen atoms in total. The predicted octanol–water partition coefficient (Wildman–Crippen LogP) is 3.18. The van der Waals surface area contributed by atoms with E-state index in [-0.39, 0.29) is 6.61 Å². The van der Waals surface area contributed by atoms with Gasteiger partial charge in [0.05, 0.1) is 6.61 Å². The maximum absolute atomic E-state index is 8.75. The van der Waals surface area contributed by atoms with Crippen LogP contribution in [0, 0.1) is 0 Å². The number of nitrogens with zero attached hydrogens (tertiary/aromatic N) is 1. The number of benzene rings is 2. The van der Waals surface area contributed by atoms with E-state index in [0.717, 1.165) is 16.8 Å². The van der Waals surface area contributed by atoms with Crippen molar-refractivity contribution < 1.29 is 14.3 Å². The van der Waals surface area contributed by atoms with Crippen LogP contribution in [-0.2, 0) is 6.42 Å². The first kappa shape index (κ1) is 13.6. The maximum Gasteiger partial charge on any atom is 0.199 e. The van der Waals surface area contributed by atoms with Crippen LogP contribution < -0.4 is 4.74 Å². The molecular weight excluding hydrogens is 266 g/mol. The molecule has 21 heavy (non-hydrogen) atoms. The molecule has 3 rings (SSSR count). The second kappa shape index (κ2) is 6.41. The first-order valence-electron chi connectivity index (χ1n) is 7.02. The Balaban J connectivity index is 1.76. The van der Waals surface area contributed by atoms with Crippen LogP contribution in [0.3, 0.4) is 0 Å². The third-order valence-corrected chi connectivity index (χ3v) is 3.17. The van der Waals surface area contributed by atoms with Gasteiger partial charge in [0.1, 0.15) is 11.3 Å². The molecule has 108 valence electrons. The molecule has 3 aromatic rings. The summed E-state index contributed by atoms with van der Waals surface area (Å²) in [5.41, 5.74) is 2.72. The van der Waals surface area contributed by atoms with Crippen molar-refractivity contribution in [3.8, 4) is 5.75 Å². The average Bonchev–Trinajstić information content (AvgIpc) is 2.90. The van der Waals surface area contributed by atoms with E-state index in [1.54, 1.807) is 0 Å². The Labute approximate surface area is 123 Å². The van der Waals surface area contributed by atoms with Crippen molar-refractivity contribution in [1.29, 1.82) is 0 Å². The highest BCUT2D eigenvalue weighted by atomic mass is 16.5. The molecule has 0 spiro atoms. The summed E-state index contributed by atoms with van der Waals surface area (Å²) in [6.45, 7) is 0.624. The molecule has 4 heteroatoms. The molecule has 0 aliphatic carbocycles. The monoisotopic (exact) mass is 283 g/mol. The lowest BCUT2D eigenvalue weighted by Crippen LogP contribution is -1.99. The summed E-state index contributed by atoms with van der Waals surface area (Å²) >= 11 is 0. The van der Waals surface area contributed by atoms with E-state index < -0.39 is 0 Å². The zero-order valence-electron chi connectivity index (χ0n) is 11.7. The number of rotatable bonds is 6. The van der Waals surface area contributed by atoms with Gasteiger partial charge < -0.3 is 14.3 Å². The standard InChI is InChI=1S/C17H17NO3/c19-9-4-10-20-14-7-8-15-16(12-14)21-17(18-15)11-13-5-2-1-3-6-13/h1-3,5-8,12,19H,4,9-11H2. The molecule has 0 amide bonds. The topological polar surface area (TPSA) is 55.5 Å². The SMILES string of the molecule is OCCCOc1ccc2nc(Cc3ccccc3)oc2c1. The van der Waals surface area contributed by atoms with Crippen LogP contribution in [0.1, 0.15) is 17.9 Å². The normalized spacial score (nSPS) is 10.9. The van der Waals surface area contributed by atoms with E-state index in [2.05, 4.69) is 17.1 Å². The summed E-state index contributed by atoms with van der Waals surface area (Å²) in [7, 11) is 0. The summed E-state index contributed by atoms with van der Waals surface area (Å²) in [6, 6.07) is 15.7. The van der Waals surface area contributed by atoms with Gasteiger partial charge >= 0.3 is 0 Å². The number of aromatic nitrogens is 1. The van der Waals surface area contributed by atoms with Crippen molar-refractivity contribution in [2.45, 2.75) is 12.8 Å². The smallest absolute Gasteiger partial charge is 0.199 e. The van der Waals surface area contributed by atoms with Gasteiger partial charge in [0.15, 0.2) is 11.5 Å². The molecule has 0 atom stereocenters. The Bertz CT molecular complexity index is 706. The van der Waals surface area contributed by atoms with Gasteiger partial charge in [0, 0.05) is 25.5 Å². The van der Waals surface area contributed by atoms with Crippen molar-refractivity contribution >= 4 is 11.1 Å². The second-order valence-corrected chi connectivity index (χ2v) is 4.83. The molecule has 0 fully saturated rings. The summed E-state index contributed by atoms with van der Waals surface area (Å²) in [5.74, 6) is 1.43. The second-order valence-electron chi connectivity index (χ2n) is 4.83.